The van der Waals surface area contributed by atoms with Crippen LogP contribution in [-0.2, 0) is 16.5 Å². The minimum atomic E-state index is -3.96. The van der Waals surface area contributed by atoms with Crippen molar-refractivity contribution < 1.29 is 17.4 Å². The van der Waals surface area contributed by atoms with Gasteiger partial charge >= 0.3 is 10.1 Å². The van der Waals surface area contributed by atoms with Gasteiger partial charge in [-0.15, -0.1) is 0 Å². The standard InChI is InChI=1S/C25H25N3O4S/c1-17-9-10-18(2)23(16-17)33(30,31)32-20-13-11-19(12-14-20)25(29)26-15-5-8-24-27-21-6-3-4-7-22(21)28-24/h3-4,6-7,9-14,16H,5,8,15H2,1-2H3,(H,26,29)(H,27,28). The molecule has 1 aromatic heterocycles. The predicted octanol–water partition coefficient (Wildman–Crippen LogP) is 4.31. The molecule has 3 aromatic carbocycles. The van der Waals surface area contributed by atoms with Gasteiger partial charge in [-0.1, -0.05) is 24.3 Å². The van der Waals surface area contributed by atoms with E-state index in [1.54, 1.807) is 31.2 Å². The maximum Gasteiger partial charge on any atom is 0.339 e. The number of hydrogen-bond acceptors (Lipinski definition) is 5. The van der Waals surface area contributed by atoms with Crippen molar-refractivity contribution in [3.63, 3.8) is 0 Å². The van der Waals surface area contributed by atoms with Crippen LogP contribution in [0.3, 0.4) is 0 Å². The van der Waals surface area contributed by atoms with E-state index in [1.807, 2.05) is 37.3 Å². The summed E-state index contributed by atoms with van der Waals surface area (Å²) in [6.07, 6.45) is 1.46. The van der Waals surface area contributed by atoms with E-state index in [-0.39, 0.29) is 16.6 Å². The van der Waals surface area contributed by atoms with E-state index in [2.05, 4.69) is 15.3 Å². The molecule has 0 saturated carbocycles. The molecule has 0 aliphatic carbocycles. The Balaban J connectivity index is 1.31. The predicted molar refractivity (Wildman–Crippen MR) is 127 cm³/mol. The quantitative estimate of drug-likeness (QED) is 0.300. The number of nitrogens with one attached hydrogen (secondary N) is 2. The van der Waals surface area contributed by atoms with Crippen molar-refractivity contribution in [3.05, 3.63) is 89.2 Å². The molecule has 0 saturated heterocycles. The highest BCUT2D eigenvalue weighted by molar-refractivity contribution is 7.87. The number of H-pyrrole nitrogens is 1. The molecular weight excluding hydrogens is 438 g/mol. The number of carbonyl (C=O) groups is 1. The largest absolute Gasteiger partial charge is 0.379 e. The smallest absolute Gasteiger partial charge is 0.339 e. The molecular formula is C25H25N3O4S. The van der Waals surface area contributed by atoms with Gasteiger partial charge in [0.1, 0.15) is 16.5 Å². The Labute approximate surface area is 193 Å². The van der Waals surface area contributed by atoms with Crippen molar-refractivity contribution >= 4 is 27.1 Å². The lowest BCUT2D eigenvalue weighted by Gasteiger charge is -2.11. The first kappa shape index (κ1) is 22.5. The van der Waals surface area contributed by atoms with E-state index in [9.17, 15) is 13.2 Å². The molecule has 4 rings (SSSR count). The monoisotopic (exact) mass is 463 g/mol. The summed E-state index contributed by atoms with van der Waals surface area (Å²) in [6, 6.07) is 19.1. The maximum absolute atomic E-state index is 12.6. The Hall–Kier alpha value is -3.65. The number of nitrogens with zero attached hydrogens (tertiary/aromatic N) is 1. The molecule has 4 aromatic rings. The van der Waals surface area contributed by atoms with E-state index in [4.69, 9.17) is 4.18 Å². The number of imidazole rings is 1. The molecule has 7 nitrogen and oxygen atoms in total. The van der Waals surface area contributed by atoms with Crippen molar-refractivity contribution in [1.29, 1.82) is 0 Å². The van der Waals surface area contributed by atoms with Crippen LogP contribution in [0.25, 0.3) is 11.0 Å². The van der Waals surface area contributed by atoms with Gasteiger partial charge in [-0.2, -0.15) is 8.42 Å². The normalized spacial score (nSPS) is 11.5. The average Bonchev–Trinajstić information content (AvgIpc) is 3.21. The van der Waals surface area contributed by atoms with Crippen LogP contribution in [0, 0.1) is 13.8 Å². The minimum Gasteiger partial charge on any atom is -0.379 e. The molecule has 0 fully saturated rings. The summed E-state index contributed by atoms with van der Waals surface area (Å²) in [5.41, 5.74) is 3.79. The lowest BCUT2D eigenvalue weighted by molar-refractivity contribution is 0.0953. The zero-order valence-corrected chi connectivity index (χ0v) is 19.3. The van der Waals surface area contributed by atoms with Crippen LogP contribution < -0.4 is 9.50 Å². The van der Waals surface area contributed by atoms with Crippen LogP contribution in [-0.4, -0.2) is 30.8 Å². The van der Waals surface area contributed by atoms with Gasteiger partial charge in [0.15, 0.2) is 0 Å². The summed E-state index contributed by atoms with van der Waals surface area (Å²) < 4.78 is 30.5. The van der Waals surface area contributed by atoms with Crippen LogP contribution in [0.5, 0.6) is 5.75 Å². The molecule has 1 heterocycles. The number of rotatable bonds is 8. The number of aryl methyl sites for hydroxylation is 3. The highest BCUT2D eigenvalue weighted by Crippen LogP contribution is 2.22. The number of para-hydroxylation sites is 2. The fourth-order valence-electron chi connectivity index (χ4n) is 3.49. The molecule has 0 aliphatic rings. The van der Waals surface area contributed by atoms with Gasteiger partial charge in [-0.05, 0) is 73.9 Å². The Morgan fingerprint density at radius 2 is 1.79 bits per heavy atom. The maximum atomic E-state index is 12.6. The summed E-state index contributed by atoms with van der Waals surface area (Å²) in [5, 5.41) is 2.87. The second-order valence-electron chi connectivity index (χ2n) is 7.89. The molecule has 1 amide bonds. The van der Waals surface area contributed by atoms with E-state index < -0.39 is 10.1 Å². The van der Waals surface area contributed by atoms with Gasteiger partial charge in [0, 0.05) is 18.5 Å². The lowest BCUT2D eigenvalue weighted by Crippen LogP contribution is -2.24. The summed E-state index contributed by atoms with van der Waals surface area (Å²) in [4.78, 5) is 20.3. The Bertz CT molecular complexity index is 1360. The topological polar surface area (TPSA) is 101 Å². The van der Waals surface area contributed by atoms with Crippen LogP contribution >= 0.6 is 0 Å². The summed E-state index contributed by atoms with van der Waals surface area (Å²) in [7, 11) is -3.96. The lowest BCUT2D eigenvalue weighted by atomic mass is 10.2. The van der Waals surface area contributed by atoms with E-state index in [0.717, 1.165) is 35.3 Å². The van der Waals surface area contributed by atoms with Crippen LogP contribution in [0.15, 0.2) is 71.6 Å². The van der Waals surface area contributed by atoms with Crippen molar-refractivity contribution in [3.8, 4) is 5.75 Å². The molecule has 33 heavy (non-hydrogen) atoms. The number of fused-ring (bicyclic) bond motifs is 1. The Kier molecular flexibility index (Phi) is 6.46. The molecule has 0 aliphatic heterocycles. The summed E-state index contributed by atoms with van der Waals surface area (Å²) in [6.45, 7) is 4.04. The number of hydrogen-bond donors (Lipinski definition) is 2. The molecule has 0 spiro atoms. The first-order chi connectivity index (χ1) is 15.8. The first-order valence-electron chi connectivity index (χ1n) is 10.7. The van der Waals surface area contributed by atoms with E-state index in [1.165, 1.54) is 12.1 Å². The van der Waals surface area contributed by atoms with Crippen molar-refractivity contribution in [2.75, 3.05) is 6.54 Å². The second-order valence-corrected chi connectivity index (χ2v) is 9.41. The summed E-state index contributed by atoms with van der Waals surface area (Å²) in [5.74, 6) is 0.804. The van der Waals surface area contributed by atoms with Crippen LogP contribution in [0.2, 0.25) is 0 Å². The Morgan fingerprint density at radius 3 is 2.55 bits per heavy atom. The number of aromatic amines is 1. The van der Waals surface area contributed by atoms with Crippen molar-refractivity contribution in [1.82, 2.24) is 15.3 Å². The minimum absolute atomic E-state index is 0.133. The molecule has 0 atom stereocenters. The third-order valence-electron chi connectivity index (χ3n) is 5.25. The fourth-order valence-corrected chi connectivity index (χ4v) is 4.74. The van der Waals surface area contributed by atoms with Crippen LogP contribution in [0.1, 0.15) is 33.7 Å². The number of aromatic nitrogens is 2. The molecule has 2 N–H and O–H groups in total. The SMILES string of the molecule is Cc1ccc(C)c(S(=O)(=O)Oc2ccc(C(=O)NCCCc3nc4ccccc4[nH]3)cc2)c1. The van der Waals surface area contributed by atoms with Gasteiger partial charge in [0.05, 0.1) is 11.0 Å². The van der Waals surface area contributed by atoms with E-state index >= 15 is 0 Å². The molecule has 8 heteroatoms. The van der Waals surface area contributed by atoms with Gasteiger partial charge in [0.25, 0.3) is 5.91 Å². The van der Waals surface area contributed by atoms with Gasteiger partial charge in [-0.25, -0.2) is 4.98 Å². The fraction of sp³-hybridized carbons (Fsp3) is 0.200. The average molecular weight is 464 g/mol. The van der Waals surface area contributed by atoms with Gasteiger partial charge < -0.3 is 14.5 Å². The third-order valence-corrected chi connectivity index (χ3v) is 6.64. The van der Waals surface area contributed by atoms with Crippen molar-refractivity contribution in [2.24, 2.45) is 0 Å². The van der Waals surface area contributed by atoms with Gasteiger partial charge in [0.2, 0.25) is 0 Å². The highest BCUT2D eigenvalue weighted by Gasteiger charge is 2.19. The zero-order chi connectivity index (χ0) is 23.4. The number of amides is 1. The summed E-state index contributed by atoms with van der Waals surface area (Å²) >= 11 is 0. The van der Waals surface area contributed by atoms with Gasteiger partial charge in [-0.3, -0.25) is 4.79 Å². The van der Waals surface area contributed by atoms with E-state index in [0.29, 0.717) is 17.7 Å². The number of benzene rings is 3. The number of carbonyl (C=O) groups excluding carboxylic acids is 1. The zero-order valence-electron chi connectivity index (χ0n) is 18.5. The van der Waals surface area contributed by atoms with Crippen molar-refractivity contribution in [2.45, 2.75) is 31.6 Å². The third kappa shape index (κ3) is 5.40. The second kappa shape index (κ2) is 9.46. The molecule has 0 bridgehead atoms. The first-order valence-corrected chi connectivity index (χ1v) is 12.1. The highest BCUT2D eigenvalue weighted by atomic mass is 32.2. The van der Waals surface area contributed by atoms with Crippen LogP contribution in [0.4, 0.5) is 0 Å². The Morgan fingerprint density at radius 1 is 1.03 bits per heavy atom. The molecule has 0 unspecified atom stereocenters. The molecule has 0 radical (unpaired) electrons. The molecule has 170 valence electrons.